The van der Waals surface area contributed by atoms with E-state index >= 15 is 0 Å². The highest BCUT2D eigenvalue weighted by molar-refractivity contribution is 7.10. The molecule has 1 fully saturated rings. The average Bonchev–Trinajstić information content (AvgIpc) is 3.31. The van der Waals surface area contributed by atoms with Crippen LogP contribution in [0.25, 0.3) is 11.4 Å². The molecule has 0 aliphatic carbocycles. The lowest BCUT2D eigenvalue weighted by Gasteiger charge is -2.31. The molecule has 0 radical (unpaired) electrons. The van der Waals surface area contributed by atoms with E-state index in [0.29, 0.717) is 5.92 Å². The Bertz CT molecular complexity index is 890. The lowest BCUT2D eigenvalue weighted by molar-refractivity contribution is 0.209. The summed E-state index contributed by atoms with van der Waals surface area (Å²) in [4.78, 5) is 4.09. The van der Waals surface area contributed by atoms with Crippen LogP contribution in [0.1, 0.15) is 41.4 Å². The van der Waals surface area contributed by atoms with E-state index < -0.39 is 0 Å². The molecule has 0 atom stereocenters. The number of aromatic nitrogens is 3. The van der Waals surface area contributed by atoms with Gasteiger partial charge in [-0.2, -0.15) is 0 Å². The molecule has 5 rings (SSSR count). The number of piperidine rings is 1. The van der Waals surface area contributed by atoms with E-state index in [2.05, 4.69) is 61.4 Å². The maximum absolute atomic E-state index is 4.66. The van der Waals surface area contributed by atoms with Crippen molar-refractivity contribution in [1.82, 2.24) is 19.7 Å². The predicted molar refractivity (Wildman–Crippen MR) is 110 cm³/mol. The highest BCUT2D eigenvalue weighted by atomic mass is 32.1. The number of fused-ring (bicyclic) bond motifs is 3. The molecule has 0 bridgehead atoms. The van der Waals surface area contributed by atoms with Gasteiger partial charge in [0.25, 0.3) is 0 Å². The molecule has 1 saturated heterocycles. The summed E-state index contributed by atoms with van der Waals surface area (Å²) in [6.45, 7) is 4.56. The molecule has 0 amide bonds. The summed E-state index contributed by atoms with van der Waals surface area (Å²) < 4.78 is 2.42. The van der Waals surface area contributed by atoms with E-state index in [4.69, 9.17) is 0 Å². The summed E-state index contributed by atoms with van der Waals surface area (Å²) in [6.07, 6.45) is 5.91. The number of nitrogens with zero attached hydrogens (tertiary/aromatic N) is 4. The van der Waals surface area contributed by atoms with E-state index in [1.165, 1.54) is 60.6 Å². The molecule has 2 aromatic heterocycles. The van der Waals surface area contributed by atoms with Crippen LogP contribution in [0.15, 0.2) is 41.8 Å². The molecule has 4 nitrogen and oxygen atoms in total. The van der Waals surface area contributed by atoms with Gasteiger partial charge in [0.15, 0.2) is 5.82 Å². The van der Waals surface area contributed by atoms with E-state index in [1.54, 1.807) is 0 Å². The van der Waals surface area contributed by atoms with Crippen LogP contribution < -0.4 is 0 Å². The van der Waals surface area contributed by atoms with Crippen molar-refractivity contribution in [2.24, 2.45) is 0 Å². The van der Waals surface area contributed by atoms with Gasteiger partial charge in [0.2, 0.25) is 0 Å². The first-order valence-electron chi connectivity index (χ1n) is 10.1. The highest BCUT2D eigenvalue weighted by Gasteiger charge is 2.28. The van der Waals surface area contributed by atoms with Crippen LogP contribution in [0, 0.1) is 0 Å². The van der Waals surface area contributed by atoms with Crippen LogP contribution in [0.3, 0.4) is 0 Å². The highest BCUT2D eigenvalue weighted by Crippen LogP contribution is 2.35. The van der Waals surface area contributed by atoms with Gasteiger partial charge in [-0.1, -0.05) is 30.3 Å². The SMILES string of the molecule is c1ccc(CCN2CCC(c3nnc4n3CCCc3sccc3-4)CC2)cc1. The summed E-state index contributed by atoms with van der Waals surface area (Å²) in [5.74, 6) is 2.89. The van der Waals surface area contributed by atoms with Crippen LogP contribution in [-0.2, 0) is 19.4 Å². The Labute approximate surface area is 164 Å². The van der Waals surface area contributed by atoms with Crippen LogP contribution in [-0.4, -0.2) is 39.3 Å². The second-order valence-corrected chi connectivity index (χ2v) is 8.75. The number of thiophene rings is 1. The first kappa shape index (κ1) is 17.1. The Morgan fingerprint density at radius 3 is 2.70 bits per heavy atom. The molecule has 5 heteroatoms. The van der Waals surface area contributed by atoms with Crippen molar-refractivity contribution in [1.29, 1.82) is 0 Å². The first-order valence-corrected chi connectivity index (χ1v) is 11.0. The van der Waals surface area contributed by atoms with Gasteiger partial charge in [-0.15, -0.1) is 21.5 Å². The molecule has 4 heterocycles. The standard InChI is InChI=1S/C22H26N4S/c1-2-5-17(6-3-1)8-13-25-14-9-18(10-15-25)21-23-24-22-19-11-16-27-20(19)7-4-12-26(21)22/h1-3,5-6,11,16,18H,4,7-10,12-15H2. The lowest BCUT2D eigenvalue weighted by atomic mass is 9.95. The minimum absolute atomic E-state index is 0.555. The zero-order valence-electron chi connectivity index (χ0n) is 15.7. The maximum Gasteiger partial charge on any atom is 0.165 e. The van der Waals surface area contributed by atoms with Gasteiger partial charge in [0.05, 0.1) is 0 Å². The number of hydrogen-bond donors (Lipinski definition) is 0. The molecular formula is C22H26N4S. The third-order valence-corrected chi connectivity index (χ3v) is 7.04. The van der Waals surface area contributed by atoms with Gasteiger partial charge in [-0.25, -0.2) is 0 Å². The Morgan fingerprint density at radius 2 is 1.85 bits per heavy atom. The fourth-order valence-electron chi connectivity index (χ4n) is 4.51. The van der Waals surface area contributed by atoms with Gasteiger partial charge < -0.3 is 9.47 Å². The van der Waals surface area contributed by atoms with Crippen molar-refractivity contribution >= 4 is 11.3 Å². The second kappa shape index (κ2) is 7.56. The molecule has 1 aromatic carbocycles. The Morgan fingerprint density at radius 1 is 1.00 bits per heavy atom. The molecule has 0 saturated carbocycles. The largest absolute Gasteiger partial charge is 0.311 e. The topological polar surface area (TPSA) is 34.0 Å². The molecule has 27 heavy (non-hydrogen) atoms. The Hall–Kier alpha value is -1.98. The molecule has 0 unspecified atom stereocenters. The fourth-order valence-corrected chi connectivity index (χ4v) is 5.43. The maximum atomic E-state index is 4.66. The van der Waals surface area contributed by atoms with Crippen molar-refractivity contribution in [3.8, 4) is 11.4 Å². The summed E-state index contributed by atoms with van der Waals surface area (Å²) in [6, 6.07) is 13.1. The Balaban J connectivity index is 1.25. The minimum Gasteiger partial charge on any atom is -0.311 e. The zero-order chi connectivity index (χ0) is 18.1. The van der Waals surface area contributed by atoms with Crippen LogP contribution in [0.2, 0.25) is 0 Å². The fraction of sp³-hybridized carbons (Fsp3) is 0.455. The average molecular weight is 379 g/mol. The van der Waals surface area contributed by atoms with Gasteiger partial charge in [0.1, 0.15) is 5.82 Å². The molecular weight excluding hydrogens is 352 g/mol. The number of aryl methyl sites for hydroxylation is 1. The smallest absolute Gasteiger partial charge is 0.165 e. The second-order valence-electron chi connectivity index (χ2n) is 7.75. The molecule has 0 spiro atoms. The molecule has 2 aliphatic heterocycles. The molecule has 140 valence electrons. The van der Waals surface area contributed by atoms with Gasteiger partial charge >= 0.3 is 0 Å². The molecule has 2 aliphatic rings. The van der Waals surface area contributed by atoms with Gasteiger partial charge in [-0.05, 0) is 62.2 Å². The molecule has 3 aromatic rings. The normalized spacial score (nSPS) is 18.1. The van der Waals surface area contributed by atoms with Crippen LogP contribution in [0.4, 0.5) is 0 Å². The number of benzene rings is 1. The summed E-state index contributed by atoms with van der Waals surface area (Å²) in [5.41, 5.74) is 2.76. The van der Waals surface area contributed by atoms with Gasteiger partial charge in [-0.3, -0.25) is 0 Å². The third kappa shape index (κ3) is 3.46. The van der Waals surface area contributed by atoms with Crippen LogP contribution in [0.5, 0.6) is 0 Å². The van der Waals surface area contributed by atoms with Crippen molar-refractivity contribution in [3.05, 3.63) is 58.0 Å². The summed E-state index contributed by atoms with van der Waals surface area (Å²) >= 11 is 1.86. The molecule has 0 N–H and O–H groups in total. The van der Waals surface area contributed by atoms with E-state index in [9.17, 15) is 0 Å². The van der Waals surface area contributed by atoms with Crippen LogP contribution >= 0.6 is 11.3 Å². The van der Waals surface area contributed by atoms with Crippen molar-refractivity contribution in [3.63, 3.8) is 0 Å². The first-order chi connectivity index (χ1) is 13.4. The zero-order valence-corrected chi connectivity index (χ0v) is 16.5. The summed E-state index contributed by atoms with van der Waals surface area (Å²) in [7, 11) is 0. The lowest BCUT2D eigenvalue weighted by Crippen LogP contribution is -2.35. The van der Waals surface area contributed by atoms with Crippen molar-refractivity contribution in [2.75, 3.05) is 19.6 Å². The van der Waals surface area contributed by atoms with E-state index in [1.807, 2.05) is 11.3 Å². The minimum atomic E-state index is 0.555. The monoisotopic (exact) mass is 378 g/mol. The Kier molecular flexibility index (Phi) is 4.80. The van der Waals surface area contributed by atoms with E-state index in [0.717, 1.165) is 25.3 Å². The quantitative estimate of drug-likeness (QED) is 0.676. The van der Waals surface area contributed by atoms with E-state index in [-0.39, 0.29) is 0 Å². The predicted octanol–water partition coefficient (Wildman–Crippen LogP) is 4.37. The van der Waals surface area contributed by atoms with Crippen molar-refractivity contribution in [2.45, 2.75) is 44.6 Å². The number of likely N-dealkylation sites (tertiary alicyclic amines) is 1. The van der Waals surface area contributed by atoms with Gasteiger partial charge in [0, 0.05) is 29.4 Å². The number of hydrogen-bond acceptors (Lipinski definition) is 4. The van der Waals surface area contributed by atoms with Crippen molar-refractivity contribution < 1.29 is 0 Å². The summed E-state index contributed by atoms with van der Waals surface area (Å²) in [5, 5.41) is 11.5. The third-order valence-electron chi connectivity index (χ3n) is 6.06. The number of rotatable bonds is 4.